The molecule has 9 N–H and O–H groups in total. The van der Waals surface area contributed by atoms with Crippen LogP contribution >= 0.6 is 21.6 Å². The molecule has 3 aromatic heterocycles. The highest BCUT2D eigenvalue weighted by atomic mass is 33.1. The van der Waals surface area contributed by atoms with Crippen molar-refractivity contribution in [1.82, 2.24) is 40.9 Å². The van der Waals surface area contributed by atoms with Gasteiger partial charge in [-0.25, -0.2) is 8.97 Å². The second-order valence-corrected chi connectivity index (χ2v) is 18.2. The lowest BCUT2D eigenvalue weighted by Gasteiger charge is -2.28. The Hall–Kier alpha value is -6.13. The van der Waals surface area contributed by atoms with Crippen LogP contribution < -0.4 is 36.9 Å². The normalized spacial score (nSPS) is 23.7. The van der Waals surface area contributed by atoms with Gasteiger partial charge in [-0.3, -0.25) is 38.4 Å². The average Bonchev–Trinajstić information content (AvgIpc) is 4.01. The SMILES string of the molecule is C[C@@H]1NC(=O)[C@H](CC(=O)O)NC(=O)CNC(=O)C(CCCC[n+]2ccn3ccccc32)NC(=O)CCSSC[C@@H](C(N)=O)NC(=O)[C@@H]2CC(OCc3c[nH]c4ccccc34)CN2C1=O. The van der Waals surface area contributed by atoms with Crippen LogP contribution in [-0.2, 0) is 56.2 Å². The standard InChI is InChI=1S/C42H52N10O10S2/c1-25-42(61)52-22-27(62-23-26-20-44-29-9-3-2-8-28(26)29)18-33(52)41(60)49-32(38(43)57)24-64-63-17-12-34(53)47-30(10-4-6-13-50-15-16-51-14-7-5-11-36(50)51)39(58)45-21-35(54)48-31(19-37(55)56)40(59)46-25/h2-3,5,7-9,11,14-16,20,25,27,30-33,44H,4,6,10,12-13,17-19,21-24H2,1H3,(H7-,43,45,46,47,48,49,53,54,55,56,57,58,59,60)/p+1/t25-,27?,30?,31-,32-,33-/m0/s1. The van der Waals surface area contributed by atoms with E-state index in [9.17, 15) is 43.5 Å². The van der Waals surface area contributed by atoms with Crippen molar-refractivity contribution in [3.05, 3.63) is 72.8 Å². The lowest BCUT2D eigenvalue weighted by atomic mass is 10.1. The van der Waals surface area contributed by atoms with Gasteiger partial charge in [0.2, 0.25) is 41.4 Å². The van der Waals surface area contributed by atoms with E-state index in [1.807, 2.05) is 71.7 Å². The molecule has 20 nitrogen and oxygen atoms in total. The summed E-state index contributed by atoms with van der Waals surface area (Å²) in [4.78, 5) is 110. The highest BCUT2D eigenvalue weighted by Crippen LogP contribution is 2.27. The number of aryl methyl sites for hydroxylation is 1. The molecule has 22 heteroatoms. The minimum Gasteiger partial charge on any atom is -0.481 e. The molecule has 2 fully saturated rings. The van der Waals surface area contributed by atoms with Gasteiger partial charge in [-0.2, -0.15) is 0 Å². The molecule has 64 heavy (non-hydrogen) atoms. The quantitative estimate of drug-likeness (QED) is 0.0556. The molecule has 0 radical (unpaired) electrons. The van der Waals surface area contributed by atoms with Crippen molar-refractivity contribution in [2.75, 3.05) is 24.6 Å². The fraction of sp³-hybridized carbons (Fsp3) is 0.452. The molecule has 0 aliphatic carbocycles. The number of unbranched alkanes of at least 4 members (excludes halogenated alkanes) is 1. The minimum atomic E-state index is -1.66. The van der Waals surface area contributed by atoms with E-state index in [0.29, 0.717) is 19.4 Å². The van der Waals surface area contributed by atoms with Crippen LogP contribution in [-0.4, -0.2) is 128 Å². The Morgan fingerprint density at radius 1 is 0.906 bits per heavy atom. The van der Waals surface area contributed by atoms with Gasteiger partial charge in [-0.05, 0) is 38.3 Å². The number of carbonyl (C=O) groups is 8. The number of pyridine rings is 1. The summed E-state index contributed by atoms with van der Waals surface area (Å²) in [5, 5.41) is 23.2. The van der Waals surface area contributed by atoms with Gasteiger partial charge < -0.3 is 52.0 Å². The molecule has 2 unspecified atom stereocenters. The summed E-state index contributed by atoms with van der Waals surface area (Å²) in [6.07, 6.45) is 7.57. The average molecular weight is 922 g/mol. The Bertz CT molecular complexity index is 2360. The second kappa shape index (κ2) is 22.5. The monoisotopic (exact) mass is 921 g/mol. The fourth-order valence-electron chi connectivity index (χ4n) is 7.59. The van der Waals surface area contributed by atoms with Crippen molar-refractivity contribution in [2.24, 2.45) is 5.73 Å². The van der Waals surface area contributed by atoms with Crippen LogP contribution in [0.3, 0.4) is 0 Å². The molecule has 342 valence electrons. The van der Waals surface area contributed by atoms with Gasteiger partial charge in [0.05, 0.1) is 38.4 Å². The number of imidazole rings is 1. The third kappa shape index (κ3) is 12.7. The molecule has 6 rings (SSSR count). The molecule has 5 heterocycles. The van der Waals surface area contributed by atoms with Crippen LogP contribution in [0.25, 0.3) is 16.6 Å². The first-order valence-electron chi connectivity index (χ1n) is 20.9. The van der Waals surface area contributed by atoms with Crippen LogP contribution in [0.5, 0.6) is 0 Å². The Morgan fingerprint density at radius 3 is 2.48 bits per heavy atom. The highest BCUT2D eigenvalue weighted by molar-refractivity contribution is 8.76. The first-order chi connectivity index (χ1) is 30.8. The third-order valence-electron chi connectivity index (χ3n) is 10.9. The summed E-state index contributed by atoms with van der Waals surface area (Å²) < 4.78 is 10.3. The van der Waals surface area contributed by atoms with Crippen LogP contribution in [0.1, 0.15) is 51.0 Å². The number of hydrogen-bond donors (Lipinski definition) is 8. The Morgan fingerprint density at radius 2 is 1.69 bits per heavy atom. The summed E-state index contributed by atoms with van der Waals surface area (Å²) >= 11 is 0. The predicted molar refractivity (Wildman–Crippen MR) is 236 cm³/mol. The van der Waals surface area contributed by atoms with Gasteiger partial charge in [0.25, 0.3) is 5.65 Å². The molecular formula is C42H53N10O10S2+. The number of hydrogen-bond acceptors (Lipinski definition) is 11. The number of amides is 7. The van der Waals surface area contributed by atoms with Gasteiger partial charge in [0.15, 0.2) is 0 Å². The van der Waals surface area contributed by atoms with Crippen molar-refractivity contribution in [3.63, 3.8) is 0 Å². The lowest BCUT2D eigenvalue weighted by molar-refractivity contribution is -0.671. The lowest BCUT2D eigenvalue weighted by Crippen LogP contribution is -2.58. The maximum absolute atomic E-state index is 14.0. The number of carboxylic acids is 1. The van der Waals surface area contributed by atoms with Gasteiger partial charge in [-0.1, -0.05) is 45.9 Å². The van der Waals surface area contributed by atoms with E-state index in [1.54, 1.807) is 0 Å². The van der Waals surface area contributed by atoms with Crippen molar-refractivity contribution >= 4 is 85.5 Å². The molecule has 0 bridgehead atoms. The summed E-state index contributed by atoms with van der Waals surface area (Å²) in [5.41, 5.74) is 8.44. The fourth-order valence-corrected chi connectivity index (χ4v) is 9.75. The number of nitrogens with one attached hydrogen (secondary N) is 6. The number of aromatic amines is 1. The third-order valence-corrected chi connectivity index (χ3v) is 13.3. The molecule has 4 aromatic rings. The van der Waals surface area contributed by atoms with E-state index < -0.39 is 96.6 Å². The largest absolute Gasteiger partial charge is 0.481 e. The number of ether oxygens (including phenoxy) is 1. The zero-order valence-electron chi connectivity index (χ0n) is 35.2. The highest BCUT2D eigenvalue weighted by Gasteiger charge is 2.43. The zero-order chi connectivity index (χ0) is 45.8. The molecular weight excluding hydrogens is 869 g/mol. The van der Waals surface area contributed by atoms with E-state index in [2.05, 4.69) is 36.1 Å². The number of nitrogens with zero attached hydrogens (tertiary/aromatic N) is 3. The van der Waals surface area contributed by atoms with E-state index in [4.69, 9.17) is 10.5 Å². The van der Waals surface area contributed by atoms with Gasteiger partial charge in [0, 0.05) is 59.6 Å². The Kier molecular flexibility index (Phi) is 16.6. The van der Waals surface area contributed by atoms with Crippen molar-refractivity contribution < 1.29 is 52.8 Å². The number of benzene rings is 1. The van der Waals surface area contributed by atoms with Crippen molar-refractivity contribution in [2.45, 2.75) is 94.9 Å². The molecule has 6 atom stereocenters. The van der Waals surface area contributed by atoms with Gasteiger partial charge in [0.1, 0.15) is 42.6 Å². The second-order valence-electron chi connectivity index (χ2n) is 15.6. The van der Waals surface area contributed by atoms with Crippen LogP contribution in [0.15, 0.2) is 67.3 Å². The van der Waals surface area contributed by atoms with E-state index in [-0.39, 0.29) is 43.9 Å². The summed E-state index contributed by atoms with van der Waals surface area (Å²) in [5.74, 6) is -6.33. The summed E-state index contributed by atoms with van der Waals surface area (Å²) in [6.45, 7) is 1.44. The van der Waals surface area contributed by atoms with Crippen LogP contribution in [0, 0.1) is 0 Å². The number of rotatable bonds is 11. The molecule has 0 spiro atoms. The molecule has 0 saturated carbocycles. The number of carboxylic acid groups (broad SMARTS) is 1. The smallest absolute Gasteiger partial charge is 0.305 e. The number of nitrogens with two attached hydrogens (primary N) is 1. The number of para-hydroxylation sites is 1. The maximum Gasteiger partial charge on any atom is 0.305 e. The first kappa shape index (κ1) is 47.4. The van der Waals surface area contributed by atoms with E-state index >= 15 is 0 Å². The number of aliphatic carboxylic acids is 1. The number of carbonyl (C=O) groups excluding carboxylic acids is 7. The number of aromatic nitrogens is 3. The zero-order valence-corrected chi connectivity index (χ0v) is 36.8. The van der Waals surface area contributed by atoms with E-state index in [0.717, 1.165) is 22.1 Å². The van der Waals surface area contributed by atoms with Crippen LogP contribution in [0.4, 0.5) is 0 Å². The molecule has 2 aliphatic rings. The summed E-state index contributed by atoms with van der Waals surface area (Å²) in [6, 6.07) is 7.16. The van der Waals surface area contributed by atoms with Gasteiger partial charge in [-0.15, -0.1) is 0 Å². The molecule has 1 aromatic carbocycles. The van der Waals surface area contributed by atoms with Crippen molar-refractivity contribution in [1.29, 1.82) is 0 Å². The first-order valence-corrected chi connectivity index (χ1v) is 23.4. The molecule has 7 amide bonds. The number of fused-ring (bicyclic) bond motifs is 3. The Labute approximate surface area is 375 Å². The molecule has 2 aliphatic heterocycles. The Balaban J connectivity index is 1.15. The topological polar surface area (TPSA) is 280 Å². The van der Waals surface area contributed by atoms with Gasteiger partial charge >= 0.3 is 5.97 Å². The van der Waals surface area contributed by atoms with E-state index in [1.165, 1.54) is 33.4 Å². The number of primary amides is 1. The minimum absolute atomic E-state index is 0.00857. The summed E-state index contributed by atoms with van der Waals surface area (Å²) in [7, 11) is 2.46. The molecule has 2 saturated heterocycles. The number of H-pyrrole nitrogens is 1. The predicted octanol–water partition coefficient (Wildman–Crippen LogP) is -0.115. The van der Waals surface area contributed by atoms with Crippen molar-refractivity contribution in [3.8, 4) is 0 Å². The van der Waals surface area contributed by atoms with Crippen LogP contribution in [0.2, 0.25) is 0 Å². The maximum atomic E-state index is 14.0.